The molecule has 28 heavy (non-hydrogen) atoms. The molecule has 7 heteroatoms. The maximum absolute atomic E-state index is 11.9. The summed E-state index contributed by atoms with van der Waals surface area (Å²) in [4.78, 5) is 18.1. The number of aliphatic imine (C=N–C) groups is 1. The summed E-state index contributed by atoms with van der Waals surface area (Å²) in [6.07, 6.45) is 1.49. The van der Waals surface area contributed by atoms with Crippen LogP contribution in [-0.4, -0.2) is 63.7 Å². The lowest BCUT2D eigenvalue weighted by atomic mass is 9.84. The Kier molecular flexibility index (Phi) is 7.54. The van der Waals surface area contributed by atoms with Gasteiger partial charge in [0.1, 0.15) is 0 Å². The third-order valence-corrected chi connectivity index (χ3v) is 5.27. The van der Waals surface area contributed by atoms with Gasteiger partial charge in [-0.05, 0) is 24.1 Å². The molecule has 1 aromatic rings. The summed E-state index contributed by atoms with van der Waals surface area (Å²) in [6, 6.07) is 6.23. The van der Waals surface area contributed by atoms with Crippen molar-refractivity contribution in [3.8, 4) is 11.5 Å². The Morgan fingerprint density at radius 1 is 1.29 bits per heavy atom. The van der Waals surface area contributed by atoms with Gasteiger partial charge in [-0.3, -0.25) is 9.79 Å². The number of rotatable bonds is 7. The number of carbonyl (C=O) groups is 1. The molecule has 0 saturated carbocycles. The zero-order valence-corrected chi connectivity index (χ0v) is 18.0. The summed E-state index contributed by atoms with van der Waals surface area (Å²) in [6.45, 7) is 8.48. The number of hydrogen-bond acceptors (Lipinski definition) is 4. The van der Waals surface area contributed by atoms with Gasteiger partial charge in [-0.15, -0.1) is 0 Å². The number of ether oxygens (including phenoxy) is 2. The Bertz CT molecular complexity index is 703. The maximum atomic E-state index is 11.9. The number of guanidine groups is 1. The molecule has 1 saturated heterocycles. The van der Waals surface area contributed by atoms with Gasteiger partial charge in [0, 0.05) is 44.6 Å². The monoisotopic (exact) mass is 390 g/mol. The van der Waals surface area contributed by atoms with Gasteiger partial charge in [0.2, 0.25) is 5.91 Å². The number of hydrogen-bond donors (Lipinski definition) is 2. The second-order valence-electron chi connectivity index (χ2n) is 7.70. The van der Waals surface area contributed by atoms with Crippen molar-refractivity contribution in [2.24, 2.45) is 4.99 Å². The minimum atomic E-state index is -0.142. The Balaban J connectivity index is 1.96. The molecule has 1 fully saturated rings. The second-order valence-corrected chi connectivity index (χ2v) is 7.70. The van der Waals surface area contributed by atoms with Gasteiger partial charge < -0.3 is 25.0 Å². The molecule has 1 aromatic carbocycles. The van der Waals surface area contributed by atoms with E-state index in [4.69, 9.17) is 9.47 Å². The number of nitrogens with zero attached hydrogens (tertiary/aromatic N) is 2. The van der Waals surface area contributed by atoms with Gasteiger partial charge >= 0.3 is 0 Å². The van der Waals surface area contributed by atoms with Crippen molar-refractivity contribution < 1.29 is 14.3 Å². The largest absolute Gasteiger partial charge is 0.493 e. The van der Waals surface area contributed by atoms with E-state index in [1.54, 1.807) is 21.3 Å². The number of amides is 1. The minimum Gasteiger partial charge on any atom is -0.493 e. The first kappa shape index (κ1) is 21.9. The average molecular weight is 391 g/mol. The Labute approximate surface area is 168 Å². The number of likely N-dealkylation sites (tertiary alicyclic amines) is 1. The van der Waals surface area contributed by atoms with E-state index in [1.165, 1.54) is 0 Å². The maximum Gasteiger partial charge on any atom is 0.222 e. The molecule has 0 aromatic heterocycles. The molecule has 1 atom stereocenters. The zero-order valence-electron chi connectivity index (χ0n) is 18.0. The molecule has 0 spiro atoms. The highest BCUT2D eigenvalue weighted by atomic mass is 16.5. The van der Waals surface area contributed by atoms with Crippen LogP contribution >= 0.6 is 0 Å². The van der Waals surface area contributed by atoms with Crippen molar-refractivity contribution in [1.82, 2.24) is 15.5 Å². The van der Waals surface area contributed by atoms with Gasteiger partial charge in [0.25, 0.3) is 0 Å². The van der Waals surface area contributed by atoms with Crippen LogP contribution in [0.5, 0.6) is 11.5 Å². The molecule has 2 N–H and O–H groups in total. The lowest BCUT2D eigenvalue weighted by Gasteiger charge is -2.28. The topological polar surface area (TPSA) is 75.2 Å². The van der Waals surface area contributed by atoms with E-state index in [0.29, 0.717) is 13.0 Å². The number of methoxy groups -OCH3 is 2. The zero-order chi connectivity index (χ0) is 20.7. The van der Waals surface area contributed by atoms with Gasteiger partial charge in [-0.1, -0.05) is 26.8 Å². The summed E-state index contributed by atoms with van der Waals surface area (Å²) >= 11 is 0. The Morgan fingerprint density at radius 2 is 2.00 bits per heavy atom. The fourth-order valence-corrected chi connectivity index (χ4v) is 3.38. The van der Waals surface area contributed by atoms with Crippen LogP contribution < -0.4 is 20.1 Å². The fraction of sp³-hybridized carbons (Fsp3) is 0.619. The quantitative estimate of drug-likeness (QED) is 0.551. The molecule has 0 radical (unpaired) electrons. The van der Waals surface area contributed by atoms with Crippen LogP contribution in [0.25, 0.3) is 0 Å². The second kappa shape index (κ2) is 9.66. The highest BCUT2D eigenvalue weighted by Crippen LogP contribution is 2.32. The van der Waals surface area contributed by atoms with Crippen molar-refractivity contribution in [1.29, 1.82) is 0 Å². The van der Waals surface area contributed by atoms with Crippen LogP contribution in [0.2, 0.25) is 0 Å². The number of benzene rings is 1. The van der Waals surface area contributed by atoms with E-state index in [9.17, 15) is 4.79 Å². The van der Waals surface area contributed by atoms with Crippen LogP contribution in [0.3, 0.4) is 0 Å². The third kappa shape index (κ3) is 5.30. The van der Waals surface area contributed by atoms with Crippen molar-refractivity contribution in [3.05, 3.63) is 23.8 Å². The molecular weight excluding hydrogens is 356 g/mol. The summed E-state index contributed by atoms with van der Waals surface area (Å²) < 4.78 is 10.8. The molecule has 2 rings (SSSR count). The van der Waals surface area contributed by atoms with Crippen LogP contribution in [0, 0.1) is 0 Å². The number of carbonyl (C=O) groups excluding carboxylic acids is 1. The van der Waals surface area contributed by atoms with E-state index < -0.39 is 0 Å². The lowest BCUT2D eigenvalue weighted by molar-refractivity contribution is -0.129. The highest BCUT2D eigenvalue weighted by molar-refractivity contribution is 5.80. The van der Waals surface area contributed by atoms with Gasteiger partial charge in [-0.25, -0.2) is 0 Å². The van der Waals surface area contributed by atoms with Crippen molar-refractivity contribution in [2.45, 2.75) is 45.1 Å². The predicted molar refractivity (Wildman–Crippen MR) is 112 cm³/mol. The van der Waals surface area contributed by atoms with E-state index in [1.807, 2.05) is 24.0 Å². The molecule has 1 heterocycles. The standard InChI is InChI=1S/C21H34N4O3/c1-7-19(26)25-11-10-16(13-25)24-20(22-4)23-14-21(2,3)15-8-9-17(27-5)18(12-15)28-6/h8-9,12,16H,7,10-11,13-14H2,1-6H3,(H2,22,23,24). The van der Waals surface area contributed by atoms with E-state index in [-0.39, 0.29) is 17.4 Å². The van der Waals surface area contributed by atoms with Crippen LogP contribution in [-0.2, 0) is 10.2 Å². The molecular formula is C21H34N4O3. The molecule has 0 aliphatic carbocycles. The fourth-order valence-electron chi connectivity index (χ4n) is 3.38. The first-order valence-corrected chi connectivity index (χ1v) is 9.82. The first-order chi connectivity index (χ1) is 13.3. The summed E-state index contributed by atoms with van der Waals surface area (Å²) in [5.74, 6) is 2.41. The predicted octanol–water partition coefficient (Wildman–Crippen LogP) is 2.16. The molecule has 156 valence electrons. The van der Waals surface area contributed by atoms with Crippen LogP contribution in [0.15, 0.2) is 23.2 Å². The molecule has 1 aliphatic rings. The average Bonchev–Trinajstić information content (AvgIpc) is 3.18. The van der Waals surface area contributed by atoms with Gasteiger partial charge in [0.05, 0.1) is 14.2 Å². The van der Waals surface area contributed by atoms with Crippen molar-refractivity contribution >= 4 is 11.9 Å². The molecule has 1 amide bonds. The number of nitrogens with one attached hydrogen (secondary N) is 2. The van der Waals surface area contributed by atoms with E-state index in [0.717, 1.165) is 42.5 Å². The Hall–Kier alpha value is -2.44. The highest BCUT2D eigenvalue weighted by Gasteiger charge is 2.27. The van der Waals surface area contributed by atoms with Crippen LogP contribution in [0.1, 0.15) is 39.2 Å². The van der Waals surface area contributed by atoms with Crippen LogP contribution in [0.4, 0.5) is 0 Å². The SMILES string of the molecule is CCC(=O)N1CCC(NC(=NC)NCC(C)(C)c2ccc(OC)c(OC)c2)C1. The Morgan fingerprint density at radius 3 is 2.61 bits per heavy atom. The third-order valence-electron chi connectivity index (χ3n) is 5.27. The van der Waals surface area contributed by atoms with Gasteiger partial charge in [-0.2, -0.15) is 0 Å². The normalized spacial score (nSPS) is 17.4. The summed E-state index contributed by atoms with van der Waals surface area (Å²) in [5, 5.41) is 6.86. The molecule has 0 bridgehead atoms. The molecule has 1 aliphatic heterocycles. The smallest absolute Gasteiger partial charge is 0.222 e. The van der Waals surface area contributed by atoms with Gasteiger partial charge in [0.15, 0.2) is 17.5 Å². The van der Waals surface area contributed by atoms with E-state index >= 15 is 0 Å². The lowest BCUT2D eigenvalue weighted by Crippen LogP contribution is -2.48. The summed E-state index contributed by atoms with van der Waals surface area (Å²) in [5.41, 5.74) is 1.01. The van der Waals surface area contributed by atoms with E-state index in [2.05, 4.69) is 35.5 Å². The molecule has 7 nitrogen and oxygen atoms in total. The molecule has 1 unspecified atom stereocenters. The summed E-state index contributed by atoms with van der Waals surface area (Å²) in [7, 11) is 5.05. The first-order valence-electron chi connectivity index (χ1n) is 9.82. The minimum absolute atomic E-state index is 0.142. The van der Waals surface area contributed by atoms with Crippen molar-refractivity contribution in [3.63, 3.8) is 0 Å². The van der Waals surface area contributed by atoms with Crippen molar-refractivity contribution in [2.75, 3.05) is 40.9 Å².